The minimum absolute atomic E-state index is 0.468. The van der Waals surface area contributed by atoms with E-state index in [1.54, 1.807) is 0 Å². The van der Waals surface area contributed by atoms with Crippen molar-refractivity contribution in [1.82, 2.24) is 4.90 Å². The Labute approximate surface area is 95.6 Å². The molecule has 2 fully saturated rings. The number of carboxylic acid groups (broad SMARTS) is 1. The van der Waals surface area contributed by atoms with E-state index >= 15 is 0 Å². The Bertz CT molecular complexity index is 256. The zero-order valence-corrected chi connectivity index (χ0v) is 9.62. The number of aliphatic carboxylic acids is 1. The molecule has 1 heterocycles. The molecule has 0 unspecified atom stereocenters. The van der Waals surface area contributed by atoms with Gasteiger partial charge in [-0.2, -0.15) is 0 Å². The van der Waals surface area contributed by atoms with Crippen LogP contribution in [0.15, 0.2) is 0 Å². The third kappa shape index (κ3) is 2.08. The van der Waals surface area contributed by atoms with Crippen LogP contribution in [0.25, 0.3) is 0 Å². The van der Waals surface area contributed by atoms with Crippen LogP contribution in [0, 0.1) is 5.41 Å². The second-order valence-electron chi connectivity index (χ2n) is 5.19. The normalized spacial score (nSPS) is 27.1. The van der Waals surface area contributed by atoms with Crippen LogP contribution in [0.1, 0.15) is 38.5 Å². The van der Waals surface area contributed by atoms with Crippen LogP contribution in [0.2, 0.25) is 0 Å². The molecule has 3 nitrogen and oxygen atoms in total. The number of likely N-dealkylation sites (tertiary alicyclic amines) is 1. The molecule has 0 bridgehead atoms. The van der Waals surface area contributed by atoms with Crippen molar-refractivity contribution in [3.63, 3.8) is 0 Å². The first-order valence-electron chi connectivity index (χ1n) is 6.21. The van der Waals surface area contributed by atoms with Gasteiger partial charge in [0.15, 0.2) is 0 Å². The molecule has 4 heteroatoms. The number of hydrogen-bond donors (Lipinski definition) is 1. The second-order valence-corrected chi connectivity index (χ2v) is 5.19. The van der Waals surface area contributed by atoms with Crippen LogP contribution in [0.5, 0.6) is 0 Å². The van der Waals surface area contributed by atoms with E-state index in [0.717, 1.165) is 13.1 Å². The maximum absolute atomic E-state index is 12.9. The van der Waals surface area contributed by atoms with E-state index < -0.39 is 18.1 Å². The SMILES string of the molecule is O=C(O)C1(CF)CCN(C2CCCC2)CC1. The van der Waals surface area contributed by atoms with Crippen LogP contribution in [0.3, 0.4) is 0 Å². The van der Waals surface area contributed by atoms with E-state index in [0.29, 0.717) is 18.9 Å². The highest BCUT2D eigenvalue weighted by molar-refractivity contribution is 5.75. The number of rotatable bonds is 3. The van der Waals surface area contributed by atoms with Crippen molar-refractivity contribution in [2.45, 2.75) is 44.6 Å². The highest BCUT2D eigenvalue weighted by Crippen LogP contribution is 2.35. The zero-order valence-electron chi connectivity index (χ0n) is 9.62. The van der Waals surface area contributed by atoms with Crippen molar-refractivity contribution in [3.05, 3.63) is 0 Å². The lowest BCUT2D eigenvalue weighted by Crippen LogP contribution is -2.48. The van der Waals surface area contributed by atoms with E-state index in [4.69, 9.17) is 5.11 Å². The summed E-state index contributed by atoms with van der Waals surface area (Å²) in [5.41, 5.74) is -1.09. The van der Waals surface area contributed by atoms with Gasteiger partial charge in [-0.1, -0.05) is 12.8 Å². The molecule has 0 aromatic rings. The molecular weight excluding hydrogens is 209 g/mol. The molecule has 0 aromatic carbocycles. The van der Waals surface area contributed by atoms with Gasteiger partial charge in [0.1, 0.15) is 6.67 Å². The van der Waals surface area contributed by atoms with E-state index in [1.807, 2.05) is 0 Å². The first kappa shape index (κ1) is 11.8. The van der Waals surface area contributed by atoms with Gasteiger partial charge >= 0.3 is 5.97 Å². The van der Waals surface area contributed by atoms with Crippen LogP contribution in [0.4, 0.5) is 4.39 Å². The zero-order chi connectivity index (χ0) is 11.6. The molecule has 1 saturated carbocycles. The minimum Gasteiger partial charge on any atom is -0.481 e. The molecule has 1 aliphatic carbocycles. The Morgan fingerprint density at radius 2 is 1.88 bits per heavy atom. The van der Waals surface area contributed by atoms with Crippen LogP contribution >= 0.6 is 0 Å². The average molecular weight is 229 g/mol. The van der Waals surface area contributed by atoms with Gasteiger partial charge < -0.3 is 10.0 Å². The van der Waals surface area contributed by atoms with Gasteiger partial charge in [-0.05, 0) is 38.8 Å². The van der Waals surface area contributed by atoms with E-state index in [2.05, 4.69) is 4.90 Å². The largest absolute Gasteiger partial charge is 0.481 e. The smallest absolute Gasteiger partial charge is 0.312 e. The fourth-order valence-corrected chi connectivity index (χ4v) is 2.99. The molecule has 0 radical (unpaired) electrons. The molecule has 1 N–H and O–H groups in total. The Morgan fingerprint density at radius 3 is 2.31 bits per heavy atom. The molecule has 1 saturated heterocycles. The maximum atomic E-state index is 12.9. The van der Waals surface area contributed by atoms with Gasteiger partial charge in [0, 0.05) is 6.04 Å². The van der Waals surface area contributed by atoms with Crippen molar-refractivity contribution < 1.29 is 14.3 Å². The fourth-order valence-electron chi connectivity index (χ4n) is 2.99. The first-order valence-corrected chi connectivity index (χ1v) is 6.21. The summed E-state index contributed by atoms with van der Waals surface area (Å²) >= 11 is 0. The van der Waals surface area contributed by atoms with Gasteiger partial charge in [-0.25, -0.2) is 4.39 Å². The quantitative estimate of drug-likeness (QED) is 0.805. The summed E-state index contributed by atoms with van der Waals surface area (Å²) in [7, 11) is 0. The van der Waals surface area contributed by atoms with Gasteiger partial charge in [0.05, 0.1) is 5.41 Å². The number of hydrogen-bond acceptors (Lipinski definition) is 2. The first-order chi connectivity index (χ1) is 7.68. The summed E-state index contributed by atoms with van der Waals surface area (Å²) in [5.74, 6) is -0.957. The van der Waals surface area contributed by atoms with E-state index in [-0.39, 0.29) is 0 Å². The van der Waals surface area contributed by atoms with E-state index in [9.17, 15) is 9.18 Å². The topological polar surface area (TPSA) is 40.5 Å². The molecule has 2 aliphatic rings. The number of carboxylic acids is 1. The van der Waals surface area contributed by atoms with Crippen molar-refractivity contribution in [2.24, 2.45) is 5.41 Å². The molecule has 0 amide bonds. The number of carbonyl (C=O) groups is 1. The third-order valence-corrected chi connectivity index (χ3v) is 4.31. The summed E-state index contributed by atoms with van der Waals surface area (Å²) in [4.78, 5) is 13.4. The molecule has 0 atom stereocenters. The minimum atomic E-state index is -1.09. The molecular formula is C12H20FNO2. The summed E-state index contributed by atoms with van der Waals surface area (Å²) in [5, 5.41) is 9.08. The van der Waals surface area contributed by atoms with Gasteiger partial charge in [-0.3, -0.25) is 4.79 Å². The molecule has 16 heavy (non-hydrogen) atoms. The van der Waals surface area contributed by atoms with Crippen molar-refractivity contribution in [1.29, 1.82) is 0 Å². The van der Waals surface area contributed by atoms with Crippen LogP contribution in [-0.4, -0.2) is 41.8 Å². The van der Waals surface area contributed by atoms with Crippen molar-refractivity contribution >= 4 is 5.97 Å². The van der Waals surface area contributed by atoms with E-state index in [1.165, 1.54) is 25.7 Å². The predicted octanol–water partition coefficient (Wildman–Crippen LogP) is 2.07. The molecule has 1 aliphatic heterocycles. The number of nitrogens with zero attached hydrogens (tertiary/aromatic N) is 1. The lowest BCUT2D eigenvalue weighted by molar-refractivity contribution is -0.153. The van der Waals surface area contributed by atoms with Gasteiger partial charge in [0.25, 0.3) is 0 Å². The molecule has 2 rings (SSSR count). The van der Waals surface area contributed by atoms with Crippen molar-refractivity contribution in [2.75, 3.05) is 19.8 Å². The Morgan fingerprint density at radius 1 is 1.31 bits per heavy atom. The number of halogens is 1. The van der Waals surface area contributed by atoms with Crippen LogP contribution < -0.4 is 0 Å². The molecule has 0 aromatic heterocycles. The van der Waals surface area contributed by atoms with Gasteiger partial charge in [-0.15, -0.1) is 0 Å². The number of piperidine rings is 1. The van der Waals surface area contributed by atoms with Gasteiger partial charge in [0.2, 0.25) is 0 Å². The summed E-state index contributed by atoms with van der Waals surface area (Å²) < 4.78 is 12.9. The monoisotopic (exact) mass is 229 g/mol. The summed E-state index contributed by atoms with van der Waals surface area (Å²) in [6.45, 7) is 0.780. The fraction of sp³-hybridized carbons (Fsp3) is 0.917. The molecule has 92 valence electrons. The third-order valence-electron chi connectivity index (χ3n) is 4.31. The summed E-state index contributed by atoms with van der Waals surface area (Å²) in [6, 6.07) is 0.631. The Kier molecular flexibility index (Phi) is 3.47. The highest BCUT2D eigenvalue weighted by atomic mass is 19.1. The average Bonchev–Trinajstić information content (AvgIpc) is 2.82. The Balaban J connectivity index is 1.92. The molecule has 0 spiro atoms. The maximum Gasteiger partial charge on any atom is 0.312 e. The Hall–Kier alpha value is -0.640. The lowest BCUT2D eigenvalue weighted by Gasteiger charge is -2.40. The summed E-state index contributed by atoms with van der Waals surface area (Å²) in [6.07, 6.45) is 5.97. The predicted molar refractivity (Wildman–Crippen MR) is 59.1 cm³/mol. The lowest BCUT2D eigenvalue weighted by atomic mass is 9.79. The van der Waals surface area contributed by atoms with Crippen LogP contribution in [-0.2, 0) is 4.79 Å². The van der Waals surface area contributed by atoms with Crippen molar-refractivity contribution in [3.8, 4) is 0 Å². The standard InChI is InChI=1S/C12H20FNO2/c13-9-12(11(15)16)5-7-14(8-6-12)10-3-1-2-4-10/h10H,1-9H2,(H,15,16). The highest BCUT2D eigenvalue weighted by Gasteiger charge is 2.43. The number of alkyl halides is 1. The second kappa shape index (κ2) is 4.70.